The van der Waals surface area contributed by atoms with E-state index in [-0.39, 0.29) is 36.0 Å². The number of hydrogen-bond acceptors (Lipinski definition) is 7. The highest BCUT2D eigenvalue weighted by Crippen LogP contribution is 2.40. The van der Waals surface area contributed by atoms with E-state index in [9.17, 15) is 24.3 Å². The number of benzene rings is 4. The third-order valence-electron chi connectivity index (χ3n) is 13.9. The number of aromatic amines is 2. The SMILES string of the molecule is O=C(N[C@@H](C(=O)N1CCC[C@H]1c1ncc(-c2ccc(-c3ccc(-c4c[nH]c([C@@H]5CCCN5C(=O)[C@@H](c5ccccc5)N(C(=O)O)C5CCC5)n4)cc3)cc2)[nH]1)c1ccccc1)OC1CCC1. The zero-order valence-electron chi connectivity index (χ0n) is 36.7. The van der Waals surface area contributed by atoms with Gasteiger partial charge in [0.25, 0.3) is 11.8 Å². The lowest BCUT2D eigenvalue weighted by Gasteiger charge is -2.41. The molecule has 4 aliphatic rings. The molecule has 2 saturated carbocycles. The summed E-state index contributed by atoms with van der Waals surface area (Å²) in [6.45, 7) is 1.09. The zero-order valence-corrected chi connectivity index (χ0v) is 36.7. The van der Waals surface area contributed by atoms with Gasteiger partial charge in [-0.25, -0.2) is 19.6 Å². The third kappa shape index (κ3) is 8.67. The molecule has 0 spiro atoms. The van der Waals surface area contributed by atoms with Crippen LogP contribution in [0.25, 0.3) is 33.6 Å². The van der Waals surface area contributed by atoms with Crippen molar-refractivity contribution >= 4 is 24.0 Å². The van der Waals surface area contributed by atoms with E-state index in [2.05, 4.69) is 51.7 Å². The number of H-pyrrole nitrogens is 2. The highest BCUT2D eigenvalue weighted by molar-refractivity contribution is 5.88. The first-order chi connectivity index (χ1) is 32.3. The second kappa shape index (κ2) is 18.7. The second-order valence-corrected chi connectivity index (χ2v) is 17.9. The molecule has 2 aliphatic heterocycles. The molecule has 4 atom stereocenters. The summed E-state index contributed by atoms with van der Waals surface area (Å²) in [5, 5.41) is 13.2. The summed E-state index contributed by atoms with van der Waals surface area (Å²) in [7, 11) is 0. The molecule has 4 fully saturated rings. The number of likely N-dealkylation sites (tertiary alicyclic amines) is 2. The van der Waals surface area contributed by atoms with E-state index in [0.29, 0.717) is 35.9 Å². The quantitative estimate of drug-likeness (QED) is 0.0886. The van der Waals surface area contributed by atoms with Crippen LogP contribution >= 0.6 is 0 Å². The van der Waals surface area contributed by atoms with Crippen LogP contribution < -0.4 is 5.32 Å². The Labute approximate surface area is 383 Å². The van der Waals surface area contributed by atoms with Crippen molar-refractivity contribution in [2.45, 2.75) is 101 Å². The Hall–Kier alpha value is -7.22. The molecule has 66 heavy (non-hydrogen) atoms. The van der Waals surface area contributed by atoms with Crippen LogP contribution in [0.2, 0.25) is 0 Å². The lowest BCUT2D eigenvalue weighted by Crippen LogP contribution is -2.51. The van der Waals surface area contributed by atoms with Gasteiger partial charge in [0.15, 0.2) is 0 Å². The molecule has 0 unspecified atom stereocenters. The van der Waals surface area contributed by atoms with Crippen LogP contribution in [0.5, 0.6) is 0 Å². The topological polar surface area (TPSA) is 177 Å². The summed E-state index contributed by atoms with van der Waals surface area (Å²) < 4.78 is 5.57. The van der Waals surface area contributed by atoms with Crippen molar-refractivity contribution in [3.8, 4) is 33.6 Å². The van der Waals surface area contributed by atoms with Gasteiger partial charge in [-0.15, -0.1) is 0 Å². The number of hydrogen-bond donors (Lipinski definition) is 4. The van der Waals surface area contributed by atoms with E-state index in [1.807, 2.05) is 95.0 Å². The number of aromatic nitrogens is 4. The fourth-order valence-electron chi connectivity index (χ4n) is 9.86. The predicted molar refractivity (Wildman–Crippen MR) is 248 cm³/mol. The molecule has 10 rings (SSSR count). The molecule has 338 valence electrons. The van der Waals surface area contributed by atoms with Gasteiger partial charge in [0.2, 0.25) is 0 Å². The Balaban J connectivity index is 0.800. The Morgan fingerprint density at radius 3 is 1.83 bits per heavy atom. The average molecular weight is 887 g/mol. The molecule has 6 aromatic rings. The van der Waals surface area contributed by atoms with Gasteiger partial charge < -0.3 is 34.9 Å². The fraction of sp³-hybridized carbons (Fsp3) is 0.346. The number of rotatable bonds is 13. The van der Waals surface area contributed by atoms with E-state index < -0.39 is 24.3 Å². The molecular weight excluding hydrogens is 833 g/mol. The maximum absolute atomic E-state index is 14.4. The van der Waals surface area contributed by atoms with Crippen LogP contribution in [0.1, 0.15) is 111 Å². The number of ether oxygens (including phenoxy) is 1. The average Bonchev–Trinajstić information content (AvgIpc) is 4.17. The summed E-state index contributed by atoms with van der Waals surface area (Å²) in [5.74, 6) is 0.997. The van der Waals surface area contributed by atoms with E-state index in [1.165, 1.54) is 4.90 Å². The number of carbonyl (C=O) groups is 4. The maximum atomic E-state index is 14.4. The van der Waals surface area contributed by atoms with E-state index in [4.69, 9.17) is 14.7 Å². The fourth-order valence-corrected chi connectivity index (χ4v) is 9.86. The third-order valence-corrected chi connectivity index (χ3v) is 13.9. The summed E-state index contributed by atoms with van der Waals surface area (Å²) in [6, 6.07) is 32.6. The van der Waals surface area contributed by atoms with E-state index in [1.54, 1.807) is 0 Å². The van der Waals surface area contributed by atoms with Gasteiger partial charge in [0.1, 0.15) is 29.8 Å². The van der Waals surface area contributed by atoms with Crippen molar-refractivity contribution in [1.29, 1.82) is 0 Å². The van der Waals surface area contributed by atoms with Crippen LogP contribution in [0.15, 0.2) is 122 Å². The molecule has 0 bridgehead atoms. The molecule has 2 aliphatic carbocycles. The Morgan fingerprint density at radius 2 is 1.24 bits per heavy atom. The summed E-state index contributed by atoms with van der Waals surface area (Å²) in [4.78, 5) is 75.7. The summed E-state index contributed by atoms with van der Waals surface area (Å²) in [5.41, 5.74) is 6.98. The lowest BCUT2D eigenvalue weighted by molar-refractivity contribution is -0.139. The maximum Gasteiger partial charge on any atom is 0.408 e. The molecule has 4 aromatic carbocycles. The number of carbonyl (C=O) groups excluding carboxylic acids is 3. The van der Waals surface area contributed by atoms with Crippen molar-refractivity contribution in [2.75, 3.05) is 13.1 Å². The van der Waals surface area contributed by atoms with Crippen LogP contribution in [-0.2, 0) is 14.3 Å². The second-order valence-electron chi connectivity index (χ2n) is 17.9. The molecule has 4 heterocycles. The van der Waals surface area contributed by atoms with Gasteiger partial charge in [-0.3, -0.25) is 14.5 Å². The molecule has 4 N–H and O–H groups in total. The largest absolute Gasteiger partial charge is 0.465 e. The van der Waals surface area contributed by atoms with Crippen molar-refractivity contribution in [1.82, 2.24) is 40.0 Å². The predicted octanol–water partition coefficient (Wildman–Crippen LogP) is 9.75. The first-order valence-corrected chi connectivity index (χ1v) is 23.3. The number of amides is 4. The molecular formula is C52H54N8O6. The van der Waals surface area contributed by atoms with Crippen LogP contribution in [0.3, 0.4) is 0 Å². The minimum Gasteiger partial charge on any atom is -0.465 e. The van der Waals surface area contributed by atoms with Gasteiger partial charge in [0.05, 0.1) is 29.7 Å². The first-order valence-electron chi connectivity index (χ1n) is 23.3. The van der Waals surface area contributed by atoms with Crippen LogP contribution in [0.4, 0.5) is 9.59 Å². The summed E-state index contributed by atoms with van der Waals surface area (Å²) >= 11 is 0. The number of nitrogens with zero attached hydrogens (tertiary/aromatic N) is 5. The zero-order chi connectivity index (χ0) is 45.1. The van der Waals surface area contributed by atoms with Gasteiger partial charge in [-0.05, 0) is 92.0 Å². The Kier molecular flexibility index (Phi) is 12.1. The van der Waals surface area contributed by atoms with Crippen molar-refractivity contribution in [3.05, 3.63) is 144 Å². The van der Waals surface area contributed by atoms with Gasteiger partial charge in [0, 0.05) is 30.9 Å². The minimum absolute atomic E-state index is 0.0940. The smallest absolute Gasteiger partial charge is 0.408 e. The summed E-state index contributed by atoms with van der Waals surface area (Å²) in [6.07, 6.45) is 10.3. The normalized spacial score (nSPS) is 19.4. The molecule has 2 saturated heterocycles. The van der Waals surface area contributed by atoms with Crippen LogP contribution in [-0.4, -0.2) is 89.0 Å². The van der Waals surface area contributed by atoms with Gasteiger partial charge in [-0.1, -0.05) is 109 Å². The molecule has 4 amide bonds. The number of nitrogens with one attached hydrogen (secondary N) is 3. The number of imidazole rings is 2. The molecule has 2 aromatic heterocycles. The van der Waals surface area contributed by atoms with Crippen LogP contribution in [0, 0.1) is 0 Å². The van der Waals surface area contributed by atoms with E-state index >= 15 is 0 Å². The standard InChI is InChI=1S/C52H54N8O6/c61-49(45(37-11-3-1-4-12-37)57-51(63)66-40-17-8-18-40)58-29-9-19-43(58)47-53-31-41(55-47)35-25-21-33(22-26-35)34-23-27-36(28-24-34)42-32-54-48(56-42)44-20-10-30-59(44)50(62)46(38-13-5-2-6-14-38)60(52(64)65)39-15-7-16-39/h1-6,11-14,21-28,31-32,39-40,43-46H,7-10,15-20,29-30H2,(H,53,55)(H,54,56)(H,57,63)(H,64,65)/t43-,44-,45+,46+/m0/s1. The molecule has 14 nitrogen and oxygen atoms in total. The van der Waals surface area contributed by atoms with E-state index in [0.717, 1.165) is 97.8 Å². The lowest BCUT2D eigenvalue weighted by atomic mass is 9.89. The first kappa shape index (κ1) is 42.7. The Bertz CT molecular complexity index is 2660. The van der Waals surface area contributed by atoms with Crippen molar-refractivity contribution < 1.29 is 29.0 Å². The number of alkyl carbamates (subject to hydrolysis) is 1. The molecule has 14 heteroatoms. The van der Waals surface area contributed by atoms with Crippen molar-refractivity contribution in [2.24, 2.45) is 0 Å². The van der Waals surface area contributed by atoms with Gasteiger partial charge >= 0.3 is 12.2 Å². The minimum atomic E-state index is -1.07. The highest BCUT2D eigenvalue weighted by atomic mass is 16.6. The Morgan fingerprint density at radius 1 is 0.667 bits per heavy atom. The monoisotopic (exact) mass is 886 g/mol. The number of carboxylic acid groups (broad SMARTS) is 1. The highest BCUT2D eigenvalue weighted by Gasteiger charge is 2.44. The molecule has 0 radical (unpaired) electrons. The van der Waals surface area contributed by atoms with Gasteiger partial charge in [-0.2, -0.15) is 0 Å². The van der Waals surface area contributed by atoms with Crippen molar-refractivity contribution in [3.63, 3.8) is 0 Å².